The van der Waals surface area contributed by atoms with Crippen molar-refractivity contribution in [3.05, 3.63) is 27.9 Å². The van der Waals surface area contributed by atoms with Crippen LogP contribution in [0.4, 0.5) is 5.69 Å². The van der Waals surface area contributed by atoms with Gasteiger partial charge < -0.3 is 9.84 Å². The molecule has 92 valence electrons. The molecule has 0 radical (unpaired) electrons. The van der Waals surface area contributed by atoms with Crippen LogP contribution in [0, 0.1) is 16.0 Å². The van der Waals surface area contributed by atoms with Crippen LogP contribution in [0.25, 0.3) is 0 Å². The SMILES string of the molecule is CC(C)COc1nc(C(=O)O)ccc1[N+](=O)[O-]. The molecule has 1 aromatic heterocycles. The number of nitrogens with zero attached hydrogens (tertiary/aromatic N) is 2. The van der Waals surface area contributed by atoms with E-state index in [1.54, 1.807) is 0 Å². The molecule has 0 amide bonds. The fourth-order valence-electron chi connectivity index (χ4n) is 1.04. The lowest BCUT2D eigenvalue weighted by molar-refractivity contribution is -0.386. The summed E-state index contributed by atoms with van der Waals surface area (Å²) < 4.78 is 5.13. The summed E-state index contributed by atoms with van der Waals surface area (Å²) in [6.45, 7) is 3.97. The van der Waals surface area contributed by atoms with Crippen LogP contribution in [0.1, 0.15) is 24.3 Å². The fraction of sp³-hybridized carbons (Fsp3) is 0.400. The summed E-state index contributed by atoms with van der Waals surface area (Å²) in [5, 5.41) is 19.4. The van der Waals surface area contributed by atoms with Crippen molar-refractivity contribution in [2.45, 2.75) is 13.8 Å². The largest absolute Gasteiger partial charge is 0.477 e. The lowest BCUT2D eigenvalue weighted by Crippen LogP contribution is -2.10. The van der Waals surface area contributed by atoms with Crippen molar-refractivity contribution < 1.29 is 19.6 Å². The zero-order valence-electron chi connectivity index (χ0n) is 9.41. The van der Waals surface area contributed by atoms with Gasteiger partial charge in [-0.25, -0.2) is 9.78 Å². The van der Waals surface area contributed by atoms with E-state index in [4.69, 9.17) is 9.84 Å². The lowest BCUT2D eigenvalue weighted by atomic mass is 10.2. The number of hydrogen-bond acceptors (Lipinski definition) is 5. The molecule has 17 heavy (non-hydrogen) atoms. The molecule has 0 aliphatic heterocycles. The summed E-state index contributed by atoms with van der Waals surface area (Å²) in [5.41, 5.74) is -0.620. The van der Waals surface area contributed by atoms with E-state index in [1.807, 2.05) is 13.8 Å². The molecule has 0 bridgehead atoms. The highest BCUT2D eigenvalue weighted by Gasteiger charge is 2.20. The summed E-state index contributed by atoms with van der Waals surface area (Å²) >= 11 is 0. The number of pyridine rings is 1. The van der Waals surface area contributed by atoms with Gasteiger partial charge in [-0.15, -0.1) is 0 Å². The van der Waals surface area contributed by atoms with Crippen molar-refractivity contribution in [2.24, 2.45) is 5.92 Å². The highest BCUT2D eigenvalue weighted by Crippen LogP contribution is 2.24. The van der Waals surface area contributed by atoms with Gasteiger partial charge in [-0.1, -0.05) is 13.8 Å². The number of carboxylic acids is 1. The fourth-order valence-corrected chi connectivity index (χ4v) is 1.04. The molecule has 1 rings (SSSR count). The first-order valence-corrected chi connectivity index (χ1v) is 4.93. The van der Waals surface area contributed by atoms with Gasteiger partial charge >= 0.3 is 11.7 Å². The van der Waals surface area contributed by atoms with Gasteiger partial charge in [0, 0.05) is 6.07 Å². The zero-order valence-corrected chi connectivity index (χ0v) is 9.41. The van der Waals surface area contributed by atoms with Crippen LogP contribution in [0.5, 0.6) is 5.88 Å². The van der Waals surface area contributed by atoms with E-state index in [-0.39, 0.29) is 29.8 Å². The summed E-state index contributed by atoms with van der Waals surface area (Å²) in [6.07, 6.45) is 0. The first-order chi connectivity index (χ1) is 7.91. The third kappa shape index (κ3) is 3.40. The average Bonchev–Trinajstić information content (AvgIpc) is 2.25. The Morgan fingerprint density at radius 1 is 1.59 bits per heavy atom. The first kappa shape index (κ1) is 12.9. The number of aromatic carboxylic acids is 1. The molecule has 0 atom stereocenters. The minimum absolute atomic E-state index is 0.157. The molecule has 0 saturated heterocycles. The Morgan fingerprint density at radius 2 is 2.24 bits per heavy atom. The molecule has 1 aromatic rings. The number of ether oxygens (including phenoxy) is 1. The molecule has 0 spiro atoms. The van der Waals surface area contributed by atoms with Gasteiger partial charge in [0.05, 0.1) is 11.5 Å². The Bertz CT molecular complexity index is 444. The third-order valence-electron chi connectivity index (χ3n) is 1.81. The summed E-state index contributed by atoms with van der Waals surface area (Å²) in [5.74, 6) is -1.36. The molecular weight excluding hydrogens is 228 g/mol. The number of aromatic nitrogens is 1. The summed E-state index contributed by atoms with van der Waals surface area (Å²) in [6, 6.07) is 2.15. The van der Waals surface area contributed by atoms with Gasteiger partial charge in [-0.05, 0) is 12.0 Å². The predicted molar refractivity (Wildman–Crippen MR) is 58.2 cm³/mol. The van der Waals surface area contributed by atoms with Crippen LogP contribution in [-0.4, -0.2) is 27.6 Å². The molecule has 7 heteroatoms. The zero-order chi connectivity index (χ0) is 13.0. The van der Waals surface area contributed by atoms with Crippen LogP contribution in [0.2, 0.25) is 0 Å². The number of rotatable bonds is 5. The van der Waals surface area contributed by atoms with E-state index < -0.39 is 10.9 Å². The monoisotopic (exact) mass is 240 g/mol. The molecule has 0 fully saturated rings. The highest BCUT2D eigenvalue weighted by molar-refractivity contribution is 5.85. The maximum Gasteiger partial charge on any atom is 0.354 e. The Hall–Kier alpha value is -2.18. The number of carboxylic acid groups (broad SMARTS) is 1. The molecule has 7 nitrogen and oxygen atoms in total. The van der Waals surface area contributed by atoms with Gasteiger partial charge in [-0.3, -0.25) is 10.1 Å². The van der Waals surface area contributed by atoms with Crippen LogP contribution in [-0.2, 0) is 0 Å². The molecule has 0 aliphatic rings. The smallest absolute Gasteiger partial charge is 0.354 e. The minimum Gasteiger partial charge on any atom is -0.477 e. The molecule has 0 aromatic carbocycles. The number of nitro groups is 1. The van der Waals surface area contributed by atoms with E-state index >= 15 is 0 Å². The maximum absolute atomic E-state index is 10.7. The quantitative estimate of drug-likeness (QED) is 0.620. The van der Waals surface area contributed by atoms with Crippen molar-refractivity contribution in [2.75, 3.05) is 6.61 Å². The average molecular weight is 240 g/mol. The summed E-state index contributed by atoms with van der Waals surface area (Å²) in [7, 11) is 0. The molecule has 1 heterocycles. The van der Waals surface area contributed by atoms with Crippen LogP contribution in [0.3, 0.4) is 0 Å². The molecule has 0 aliphatic carbocycles. The summed E-state index contributed by atoms with van der Waals surface area (Å²) in [4.78, 5) is 24.3. The third-order valence-corrected chi connectivity index (χ3v) is 1.81. The van der Waals surface area contributed by atoms with E-state index in [9.17, 15) is 14.9 Å². The molecular formula is C10H12N2O5. The van der Waals surface area contributed by atoms with Gasteiger partial charge in [-0.2, -0.15) is 0 Å². The maximum atomic E-state index is 10.7. The Kier molecular flexibility index (Phi) is 3.97. The van der Waals surface area contributed by atoms with Gasteiger partial charge in [0.1, 0.15) is 0 Å². The van der Waals surface area contributed by atoms with E-state index in [2.05, 4.69) is 4.98 Å². The Balaban J connectivity index is 3.07. The highest BCUT2D eigenvalue weighted by atomic mass is 16.6. The van der Waals surface area contributed by atoms with Crippen molar-refractivity contribution in [1.82, 2.24) is 4.98 Å². The van der Waals surface area contributed by atoms with E-state index in [0.717, 1.165) is 12.1 Å². The Labute approximate surface area is 97.2 Å². The standard InChI is InChI=1S/C10H12N2O5/c1-6(2)5-17-9-8(12(15)16)4-3-7(11-9)10(13)14/h3-4,6H,5H2,1-2H3,(H,13,14). The topological polar surface area (TPSA) is 103 Å². The van der Waals surface area contributed by atoms with Crippen molar-refractivity contribution in [1.29, 1.82) is 0 Å². The van der Waals surface area contributed by atoms with Crippen molar-refractivity contribution in [3.8, 4) is 5.88 Å². The second kappa shape index (κ2) is 5.24. The first-order valence-electron chi connectivity index (χ1n) is 4.93. The van der Waals surface area contributed by atoms with E-state index in [0.29, 0.717) is 0 Å². The van der Waals surface area contributed by atoms with Crippen molar-refractivity contribution in [3.63, 3.8) is 0 Å². The van der Waals surface area contributed by atoms with E-state index in [1.165, 1.54) is 0 Å². The number of carbonyl (C=O) groups is 1. The molecule has 0 unspecified atom stereocenters. The molecule has 1 N–H and O–H groups in total. The normalized spacial score (nSPS) is 10.3. The van der Waals surface area contributed by atoms with Crippen molar-refractivity contribution >= 4 is 11.7 Å². The van der Waals surface area contributed by atoms with Gasteiger partial charge in [0.2, 0.25) is 0 Å². The molecule has 0 saturated carbocycles. The minimum atomic E-state index is -1.26. The number of hydrogen-bond donors (Lipinski definition) is 1. The van der Waals surface area contributed by atoms with Crippen LogP contribution in [0.15, 0.2) is 12.1 Å². The Morgan fingerprint density at radius 3 is 2.71 bits per heavy atom. The van der Waals surface area contributed by atoms with Crippen LogP contribution < -0.4 is 4.74 Å². The lowest BCUT2D eigenvalue weighted by Gasteiger charge is -2.08. The van der Waals surface area contributed by atoms with Gasteiger partial charge in [0.25, 0.3) is 5.88 Å². The van der Waals surface area contributed by atoms with Crippen LogP contribution >= 0.6 is 0 Å². The second-order valence-corrected chi connectivity index (χ2v) is 3.79. The predicted octanol–water partition coefficient (Wildman–Crippen LogP) is 1.72. The van der Waals surface area contributed by atoms with Gasteiger partial charge in [0.15, 0.2) is 5.69 Å². The second-order valence-electron chi connectivity index (χ2n) is 3.79.